The summed E-state index contributed by atoms with van der Waals surface area (Å²) in [4.78, 5) is 21.8. The molecule has 9 nitrogen and oxygen atoms in total. The molecule has 35 heavy (non-hydrogen) atoms. The highest BCUT2D eigenvalue weighted by Crippen LogP contribution is 2.41. The average molecular weight is 517 g/mol. The molecule has 2 aliphatic heterocycles. The van der Waals surface area contributed by atoms with Crippen LogP contribution in [0.15, 0.2) is 40.7 Å². The Labute approximate surface area is 195 Å². The van der Waals surface area contributed by atoms with Crippen molar-refractivity contribution in [2.75, 3.05) is 13.7 Å². The van der Waals surface area contributed by atoms with Gasteiger partial charge in [0.15, 0.2) is 29.1 Å². The lowest BCUT2D eigenvalue weighted by Crippen LogP contribution is -2.42. The third-order valence-corrected chi connectivity index (χ3v) is 6.04. The van der Waals surface area contributed by atoms with Crippen LogP contribution in [-0.2, 0) is 19.7 Å². The Bertz CT molecular complexity index is 1400. The van der Waals surface area contributed by atoms with E-state index in [0.717, 1.165) is 13.2 Å². The molecule has 1 aromatic carbocycles. The number of halogens is 5. The van der Waals surface area contributed by atoms with Crippen molar-refractivity contribution in [2.45, 2.75) is 18.5 Å². The lowest BCUT2D eigenvalue weighted by Gasteiger charge is -2.32. The zero-order valence-corrected chi connectivity index (χ0v) is 18.5. The first kappa shape index (κ1) is 24.7. The quantitative estimate of drug-likeness (QED) is 0.352. The largest absolute Gasteiger partial charge is 0.466 e. The van der Waals surface area contributed by atoms with Crippen molar-refractivity contribution in [3.8, 4) is 0 Å². The van der Waals surface area contributed by atoms with Gasteiger partial charge in [0.25, 0.3) is 10.2 Å². The summed E-state index contributed by atoms with van der Waals surface area (Å²) in [6, 6.07) is -0.651. The number of benzene rings is 1. The number of pyridine rings is 1. The Morgan fingerprint density at radius 1 is 1.17 bits per heavy atom. The minimum atomic E-state index is -4.22. The van der Waals surface area contributed by atoms with Crippen molar-refractivity contribution in [1.82, 2.24) is 14.6 Å². The van der Waals surface area contributed by atoms with E-state index in [2.05, 4.69) is 14.7 Å². The Morgan fingerprint density at radius 3 is 2.51 bits per heavy atom. The van der Waals surface area contributed by atoms with Crippen molar-refractivity contribution >= 4 is 22.0 Å². The van der Waals surface area contributed by atoms with Gasteiger partial charge < -0.3 is 9.64 Å². The van der Waals surface area contributed by atoms with Crippen molar-refractivity contribution in [2.24, 2.45) is 10.1 Å². The van der Waals surface area contributed by atoms with Gasteiger partial charge in [0.05, 0.1) is 18.9 Å². The van der Waals surface area contributed by atoms with Gasteiger partial charge in [-0.25, -0.2) is 36.9 Å². The van der Waals surface area contributed by atoms with Crippen LogP contribution in [0.1, 0.15) is 23.7 Å². The van der Waals surface area contributed by atoms with E-state index < -0.39 is 68.6 Å². The molecule has 0 aliphatic carbocycles. The van der Waals surface area contributed by atoms with Crippen molar-refractivity contribution < 1.29 is 39.9 Å². The maximum absolute atomic E-state index is 14.8. The number of aliphatic imine (C=N–C) groups is 1. The van der Waals surface area contributed by atoms with E-state index in [9.17, 15) is 35.2 Å². The summed E-state index contributed by atoms with van der Waals surface area (Å²) >= 11 is 0. The van der Waals surface area contributed by atoms with Crippen LogP contribution in [0.3, 0.4) is 0 Å². The number of nitrogens with two attached hydrogens (primary N) is 1. The maximum Gasteiger partial charge on any atom is 0.338 e. The molecule has 3 N–H and O–H groups in total. The van der Waals surface area contributed by atoms with Gasteiger partial charge in [0, 0.05) is 36.3 Å². The molecule has 0 unspecified atom stereocenters. The number of hydrogen-bond donors (Lipinski definition) is 2. The van der Waals surface area contributed by atoms with Gasteiger partial charge in [-0.3, -0.25) is 4.99 Å². The number of amidine groups is 1. The van der Waals surface area contributed by atoms with Crippen molar-refractivity contribution in [3.05, 3.63) is 76.0 Å². The number of nitrogens with zero attached hydrogens (tertiary/aromatic N) is 3. The Balaban J connectivity index is 1.97. The van der Waals surface area contributed by atoms with Gasteiger partial charge in [-0.05, 0) is 6.07 Å². The fourth-order valence-corrected chi connectivity index (χ4v) is 4.64. The molecule has 4 rings (SSSR count). The molecule has 2 aromatic rings. The fourth-order valence-electron chi connectivity index (χ4n) is 4.02. The average Bonchev–Trinajstić information content (AvgIpc) is 3.18. The van der Waals surface area contributed by atoms with Gasteiger partial charge in [-0.1, -0.05) is 6.07 Å². The number of aromatic nitrogens is 1. The molecule has 0 saturated carbocycles. The predicted molar refractivity (Wildman–Crippen MR) is 110 cm³/mol. The fraction of sp³-hybridized carbons (Fsp3) is 0.250. The summed E-state index contributed by atoms with van der Waals surface area (Å²) in [6.07, 6.45) is 0.466. The zero-order valence-electron chi connectivity index (χ0n) is 17.7. The van der Waals surface area contributed by atoms with Crippen LogP contribution in [0, 0.1) is 29.1 Å². The normalized spacial score (nSPS) is 20.1. The molecule has 1 aromatic heterocycles. The zero-order chi connectivity index (χ0) is 25.7. The molecule has 0 amide bonds. The van der Waals surface area contributed by atoms with Crippen LogP contribution < -0.4 is 9.86 Å². The Morgan fingerprint density at radius 2 is 1.89 bits per heavy atom. The monoisotopic (exact) mass is 517 g/mol. The molecule has 3 heterocycles. The van der Waals surface area contributed by atoms with Crippen LogP contribution in [0.5, 0.6) is 0 Å². The van der Waals surface area contributed by atoms with Crippen molar-refractivity contribution in [3.63, 3.8) is 0 Å². The first-order valence-corrected chi connectivity index (χ1v) is 11.4. The first-order valence-electron chi connectivity index (χ1n) is 9.82. The SMILES string of the molecule is COC(=O)C1=C2C[C@H](NS(N)(=O)=O)CN2C(c2ncc(F)cc2F)=N[C@H]1c1ccc(F)c(F)c1F. The standard InChI is InChI=1S/C20H16F5N5O4S/c1-34-20(31)14-13-5-9(29-35(26,32)33)7-30(13)19(18-12(23)4-8(21)6-27-18)28-17(14)10-2-3-11(22)16(25)15(10)24/h2-4,6,9,17,29H,5,7H2,1H3,(H2,26,32,33)/t9-,17-/m0/s1. The summed E-state index contributed by atoms with van der Waals surface area (Å²) in [7, 11) is -3.21. The number of ether oxygens (including phenoxy) is 1. The molecule has 0 spiro atoms. The molecular weight excluding hydrogens is 501 g/mol. The number of fused-ring (bicyclic) bond motifs is 1. The van der Waals surface area contributed by atoms with Gasteiger partial charge in [0.1, 0.15) is 17.6 Å². The third-order valence-electron chi connectivity index (χ3n) is 5.38. The number of nitrogens with one attached hydrogen (secondary N) is 1. The second-order valence-corrected chi connectivity index (χ2v) is 8.96. The molecule has 1 saturated heterocycles. The topological polar surface area (TPSA) is 127 Å². The van der Waals surface area contributed by atoms with E-state index in [4.69, 9.17) is 9.88 Å². The summed E-state index contributed by atoms with van der Waals surface area (Å²) in [5, 5.41) is 5.04. The summed E-state index contributed by atoms with van der Waals surface area (Å²) in [5.74, 6) is -8.53. The molecule has 15 heteroatoms. The summed E-state index contributed by atoms with van der Waals surface area (Å²) < 4.78 is 101. The Hall–Kier alpha value is -3.43. The highest BCUT2D eigenvalue weighted by molar-refractivity contribution is 7.87. The lowest BCUT2D eigenvalue weighted by molar-refractivity contribution is -0.136. The van der Waals surface area contributed by atoms with E-state index in [-0.39, 0.29) is 30.1 Å². The number of rotatable bonds is 5. The molecule has 0 bridgehead atoms. The minimum absolute atomic E-state index is 0.0164. The highest BCUT2D eigenvalue weighted by atomic mass is 32.2. The molecule has 1 fully saturated rings. The van der Waals surface area contributed by atoms with E-state index in [1.807, 2.05) is 0 Å². The smallest absolute Gasteiger partial charge is 0.338 e. The van der Waals surface area contributed by atoms with Crippen LogP contribution in [0.2, 0.25) is 0 Å². The van der Waals surface area contributed by atoms with E-state index >= 15 is 0 Å². The van der Waals surface area contributed by atoms with E-state index in [1.54, 1.807) is 0 Å². The minimum Gasteiger partial charge on any atom is -0.466 e. The lowest BCUT2D eigenvalue weighted by atomic mass is 9.93. The predicted octanol–water partition coefficient (Wildman–Crippen LogP) is 1.57. The molecule has 186 valence electrons. The van der Waals surface area contributed by atoms with Gasteiger partial charge >= 0.3 is 5.97 Å². The highest BCUT2D eigenvalue weighted by Gasteiger charge is 2.44. The number of methoxy groups -OCH3 is 1. The first-order chi connectivity index (χ1) is 16.4. The van der Waals surface area contributed by atoms with Crippen LogP contribution >= 0.6 is 0 Å². The third kappa shape index (κ3) is 4.61. The maximum atomic E-state index is 14.8. The number of esters is 1. The molecule has 2 atom stereocenters. The molecule has 0 radical (unpaired) electrons. The second-order valence-electron chi connectivity index (χ2n) is 7.63. The number of hydrogen-bond acceptors (Lipinski definition) is 7. The van der Waals surface area contributed by atoms with Gasteiger partial charge in [-0.15, -0.1) is 0 Å². The van der Waals surface area contributed by atoms with Crippen LogP contribution in [-0.4, -0.2) is 49.8 Å². The van der Waals surface area contributed by atoms with E-state index in [0.29, 0.717) is 18.3 Å². The van der Waals surface area contributed by atoms with Gasteiger partial charge in [-0.2, -0.15) is 13.1 Å². The molecule has 2 aliphatic rings. The second kappa shape index (κ2) is 8.98. The number of carbonyl (C=O) groups is 1. The van der Waals surface area contributed by atoms with Crippen LogP contribution in [0.25, 0.3) is 0 Å². The summed E-state index contributed by atoms with van der Waals surface area (Å²) in [5.41, 5.74) is -1.42. The summed E-state index contributed by atoms with van der Waals surface area (Å²) in [6.45, 7) is -0.226. The van der Waals surface area contributed by atoms with Crippen LogP contribution in [0.4, 0.5) is 22.0 Å². The number of carbonyl (C=O) groups excluding carboxylic acids is 1. The van der Waals surface area contributed by atoms with Gasteiger partial charge in [0.2, 0.25) is 0 Å². The van der Waals surface area contributed by atoms with E-state index in [1.165, 1.54) is 4.90 Å². The molecular formula is C20H16F5N5O4S. The Kier molecular flexibility index (Phi) is 6.33. The van der Waals surface area contributed by atoms with Crippen molar-refractivity contribution in [1.29, 1.82) is 0 Å².